The van der Waals surface area contributed by atoms with Crippen molar-refractivity contribution in [2.45, 2.75) is 0 Å². The van der Waals surface area contributed by atoms with E-state index in [0.717, 1.165) is 16.5 Å². The van der Waals surface area contributed by atoms with Crippen molar-refractivity contribution in [3.05, 3.63) is 36.4 Å². The first kappa shape index (κ1) is 10.9. The molecular weight excluding hydrogens is 226 g/mol. The van der Waals surface area contributed by atoms with Gasteiger partial charge in [0.25, 0.3) is 0 Å². The van der Waals surface area contributed by atoms with Crippen molar-refractivity contribution in [2.24, 2.45) is 0 Å². The fourth-order valence-electron chi connectivity index (χ4n) is 1.56. The van der Waals surface area contributed by atoms with Crippen molar-refractivity contribution in [3.8, 4) is 5.75 Å². The molecule has 5 heteroatoms. The lowest BCUT2D eigenvalue weighted by Crippen LogP contribution is -1.98. The van der Waals surface area contributed by atoms with Crippen LogP contribution in [0.4, 0.5) is 5.69 Å². The van der Waals surface area contributed by atoms with Crippen LogP contribution in [0.25, 0.3) is 10.8 Å². The van der Waals surface area contributed by atoms with Gasteiger partial charge in [0.1, 0.15) is 17.1 Å². The first-order chi connectivity index (χ1) is 7.70. The Kier molecular flexibility index (Phi) is 3.07. The molecule has 2 aromatic carbocycles. The molecule has 0 saturated heterocycles. The average Bonchev–Trinajstić information content (AvgIpc) is 2.28. The van der Waals surface area contributed by atoms with E-state index in [1.807, 2.05) is 31.3 Å². The monoisotopic (exact) mass is 236 g/mol. The molecule has 0 bridgehead atoms. The second kappa shape index (κ2) is 4.51. The molecule has 1 atom stereocenters. The molecule has 0 spiro atoms. The fourth-order valence-corrected chi connectivity index (χ4v) is 1.85. The van der Waals surface area contributed by atoms with Gasteiger partial charge in [-0.2, -0.15) is 0 Å². The van der Waals surface area contributed by atoms with Gasteiger partial charge in [-0.05, 0) is 29.7 Å². The van der Waals surface area contributed by atoms with Crippen molar-refractivity contribution in [1.29, 1.82) is 0 Å². The summed E-state index contributed by atoms with van der Waals surface area (Å²) in [5, 5.41) is 4.71. The Morgan fingerprint density at radius 3 is 2.81 bits per heavy atom. The van der Waals surface area contributed by atoms with E-state index in [1.54, 1.807) is 12.1 Å². The summed E-state index contributed by atoms with van der Waals surface area (Å²) in [5.41, 5.74) is 0.966. The van der Waals surface area contributed by atoms with Crippen molar-refractivity contribution in [1.82, 2.24) is 0 Å². The van der Waals surface area contributed by atoms with Crippen LogP contribution in [0.5, 0.6) is 5.75 Å². The van der Waals surface area contributed by atoms with Crippen LogP contribution in [0.1, 0.15) is 0 Å². The standard InChI is InChI=1S/C11H11NO3S/c1-12-9-5-6-10-8(7-9)3-2-4-11(10)15-16(13)14/h2-7,12H,1H3,(H,13,14)/p-1. The zero-order valence-corrected chi connectivity index (χ0v) is 9.41. The third-order valence-corrected chi connectivity index (χ3v) is 2.60. The predicted octanol–water partition coefficient (Wildman–Crippen LogP) is 2.05. The van der Waals surface area contributed by atoms with Gasteiger partial charge in [0, 0.05) is 18.1 Å². The zero-order chi connectivity index (χ0) is 11.5. The SMILES string of the molecule is CNc1ccc2c(OS(=O)[O-])cccc2c1. The Morgan fingerprint density at radius 1 is 1.31 bits per heavy atom. The Hall–Kier alpha value is -1.59. The largest absolute Gasteiger partial charge is 0.740 e. The van der Waals surface area contributed by atoms with E-state index in [1.165, 1.54) is 0 Å². The topological polar surface area (TPSA) is 61.4 Å². The summed E-state index contributed by atoms with van der Waals surface area (Å²) in [7, 11) is 1.83. The summed E-state index contributed by atoms with van der Waals surface area (Å²) >= 11 is -2.55. The second-order valence-electron chi connectivity index (χ2n) is 3.23. The van der Waals surface area contributed by atoms with Gasteiger partial charge in [-0.25, -0.2) is 4.21 Å². The molecule has 0 heterocycles. The van der Waals surface area contributed by atoms with Crippen molar-refractivity contribution in [2.75, 3.05) is 12.4 Å². The van der Waals surface area contributed by atoms with E-state index in [9.17, 15) is 8.76 Å². The molecule has 84 valence electrons. The summed E-state index contributed by atoms with van der Waals surface area (Å²) in [4.78, 5) is 0. The highest BCUT2D eigenvalue weighted by atomic mass is 32.2. The molecule has 16 heavy (non-hydrogen) atoms. The molecule has 4 nitrogen and oxygen atoms in total. The Bertz CT molecular complexity index is 542. The first-order valence-electron chi connectivity index (χ1n) is 4.69. The van der Waals surface area contributed by atoms with Gasteiger partial charge < -0.3 is 14.1 Å². The normalized spacial score (nSPS) is 12.4. The lowest BCUT2D eigenvalue weighted by Gasteiger charge is -2.10. The highest BCUT2D eigenvalue weighted by molar-refractivity contribution is 7.74. The maximum atomic E-state index is 10.5. The van der Waals surface area contributed by atoms with E-state index >= 15 is 0 Å². The van der Waals surface area contributed by atoms with E-state index in [0.29, 0.717) is 5.75 Å². The van der Waals surface area contributed by atoms with E-state index in [-0.39, 0.29) is 0 Å². The minimum atomic E-state index is -2.55. The average molecular weight is 236 g/mol. The Morgan fingerprint density at radius 2 is 2.12 bits per heavy atom. The molecule has 0 amide bonds. The molecule has 0 aliphatic heterocycles. The number of nitrogens with one attached hydrogen (secondary N) is 1. The lowest BCUT2D eigenvalue weighted by atomic mass is 10.1. The number of anilines is 1. The fraction of sp³-hybridized carbons (Fsp3) is 0.0909. The summed E-state index contributed by atoms with van der Waals surface area (Å²) in [5.74, 6) is 0.341. The minimum absolute atomic E-state index is 0.341. The Balaban J connectivity index is 2.55. The molecule has 0 radical (unpaired) electrons. The molecule has 1 unspecified atom stereocenters. The van der Waals surface area contributed by atoms with Crippen LogP contribution in [0, 0.1) is 0 Å². The number of rotatable bonds is 3. The molecule has 1 N–H and O–H groups in total. The summed E-state index contributed by atoms with van der Waals surface area (Å²) in [6.07, 6.45) is 0. The predicted molar refractivity (Wildman–Crippen MR) is 63.0 cm³/mol. The maximum absolute atomic E-state index is 10.5. The zero-order valence-electron chi connectivity index (χ0n) is 8.60. The lowest BCUT2D eigenvalue weighted by molar-refractivity contribution is 0.442. The van der Waals surface area contributed by atoms with Crippen molar-refractivity contribution < 1.29 is 12.9 Å². The molecule has 0 aliphatic rings. The summed E-state index contributed by atoms with van der Waals surface area (Å²) < 4.78 is 25.7. The molecule has 0 saturated carbocycles. The molecule has 0 aromatic heterocycles. The quantitative estimate of drug-likeness (QED) is 0.828. The summed E-state index contributed by atoms with van der Waals surface area (Å²) in [6.45, 7) is 0. The molecule has 2 rings (SSSR count). The van der Waals surface area contributed by atoms with Crippen LogP contribution in [0.15, 0.2) is 36.4 Å². The van der Waals surface area contributed by atoms with Crippen LogP contribution in [0.3, 0.4) is 0 Å². The van der Waals surface area contributed by atoms with Crippen LogP contribution in [-0.4, -0.2) is 15.8 Å². The van der Waals surface area contributed by atoms with Gasteiger partial charge in [0.2, 0.25) is 0 Å². The van der Waals surface area contributed by atoms with Gasteiger partial charge >= 0.3 is 0 Å². The number of benzene rings is 2. The smallest absolute Gasteiger partial charge is 0.147 e. The highest BCUT2D eigenvalue weighted by Crippen LogP contribution is 2.28. The Labute approximate surface area is 95.7 Å². The van der Waals surface area contributed by atoms with Crippen LogP contribution in [-0.2, 0) is 11.4 Å². The van der Waals surface area contributed by atoms with Gasteiger partial charge in [-0.15, -0.1) is 0 Å². The van der Waals surface area contributed by atoms with Crippen LogP contribution < -0.4 is 9.50 Å². The molecule has 0 aliphatic carbocycles. The van der Waals surface area contributed by atoms with Gasteiger partial charge in [0.15, 0.2) is 0 Å². The number of fused-ring (bicyclic) bond motifs is 1. The number of hydrogen-bond acceptors (Lipinski definition) is 4. The van der Waals surface area contributed by atoms with Crippen molar-refractivity contribution >= 4 is 27.8 Å². The summed E-state index contributed by atoms with van der Waals surface area (Å²) in [6, 6.07) is 10.9. The maximum Gasteiger partial charge on any atom is 0.147 e. The van der Waals surface area contributed by atoms with Crippen molar-refractivity contribution in [3.63, 3.8) is 0 Å². The minimum Gasteiger partial charge on any atom is -0.740 e. The third kappa shape index (κ3) is 2.15. The van der Waals surface area contributed by atoms with Crippen LogP contribution >= 0.6 is 0 Å². The van der Waals surface area contributed by atoms with E-state index < -0.39 is 11.4 Å². The molecule has 0 fully saturated rings. The first-order valence-corrected chi connectivity index (χ1v) is 5.69. The van der Waals surface area contributed by atoms with Gasteiger partial charge in [0.05, 0.1) is 0 Å². The molecular formula is C11H10NO3S-. The second-order valence-corrected chi connectivity index (χ2v) is 3.80. The van der Waals surface area contributed by atoms with Gasteiger partial charge in [-0.1, -0.05) is 12.1 Å². The van der Waals surface area contributed by atoms with E-state index in [2.05, 4.69) is 5.32 Å². The molecule has 2 aromatic rings. The number of hydrogen-bond donors (Lipinski definition) is 1. The third-order valence-electron chi connectivity index (χ3n) is 2.29. The van der Waals surface area contributed by atoms with E-state index in [4.69, 9.17) is 4.18 Å². The van der Waals surface area contributed by atoms with Crippen LogP contribution in [0.2, 0.25) is 0 Å². The van der Waals surface area contributed by atoms with Gasteiger partial charge in [-0.3, -0.25) is 0 Å². The highest BCUT2D eigenvalue weighted by Gasteiger charge is 2.02.